The highest BCUT2D eigenvalue weighted by molar-refractivity contribution is 5.93. The molecular formula is C16H24N2O2. The third kappa shape index (κ3) is 3.81. The minimum absolute atomic E-state index is 0.0113. The van der Waals surface area contributed by atoms with Gasteiger partial charge in [0, 0.05) is 23.9 Å². The van der Waals surface area contributed by atoms with E-state index in [4.69, 9.17) is 10.5 Å². The predicted octanol–water partition coefficient (Wildman–Crippen LogP) is 2.68. The molecule has 3 N–H and O–H groups in total. The van der Waals surface area contributed by atoms with E-state index >= 15 is 0 Å². The fourth-order valence-corrected chi connectivity index (χ4v) is 2.69. The van der Waals surface area contributed by atoms with Gasteiger partial charge in [0.15, 0.2) is 0 Å². The van der Waals surface area contributed by atoms with Gasteiger partial charge in [-0.2, -0.15) is 0 Å². The molecule has 20 heavy (non-hydrogen) atoms. The van der Waals surface area contributed by atoms with Crippen LogP contribution in [0.3, 0.4) is 0 Å². The van der Waals surface area contributed by atoms with Gasteiger partial charge in [-0.1, -0.05) is 31.0 Å². The number of para-hydroxylation sites is 1. The van der Waals surface area contributed by atoms with Gasteiger partial charge < -0.3 is 15.8 Å². The molecule has 2 rings (SSSR count). The Kier molecular flexibility index (Phi) is 5.56. The maximum atomic E-state index is 12.4. The monoisotopic (exact) mass is 276 g/mol. The fraction of sp³-hybridized carbons (Fsp3) is 0.562. The number of carbonyl (C=O) groups is 1. The van der Waals surface area contributed by atoms with Crippen LogP contribution in [0, 0.1) is 5.92 Å². The maximum absolute atomic E-state index is 12.4. The average molecular weight is 276 g/mol. The van der Waals surface area contributed by atoms with Gasteiger partial charge in [-0.05, 0) is 25.8 Å². The third-order valence-electron chi connectivity index (χ3n) is 3.89. The summed E-state index contributed by atoms with van der Waals surface area (Å²) in [6.45, 7) is 3.14. The van der Waals surface area contributed by atoms with Crippen LogP contribution in [-0.2, 0) is 16.1 Å². The topological polar surface area (TPSA) is 64.3 Å². The fourth-order valence-electron chi connectivity index (χ4n) is 2.69. The molecule has 110 valence electrons. The van der Waals surface area contributed by atoms with Crippen LogP contribution in [0.4, 0.5) is 5.69 Å². The zero-order valence-corrected chi connectivity index (χ0v) is 12.1. The van der Waals surface area contributed by atoms with E-state index in [1.165, 1.54) is 0 Å². The Bertz CT molecular complexity index is 448. The Morgan fingerprint density at radius 1 is 1.35 bits per heavy atom. The molecule has 4 heteroatoms. The molecule has 0 aromatic heterocycles. The number of hydrogen-bond donors (Lipinski definition) is 2. The highest BCUT2D eigenvalue weighted by atomic mass is 16.5. The molecule has 0 spiro atoms. The van der Waals surface area contributed by atoms with Crippen molar-refractivity contribution in [2.45, 2.75) is 45.3 Å². The quantitative estimate of drug-likeness (QED) is 0.869. The van der Waals surface area contributed by atoms with Crippen molar-refractivity contribution in [3.8, 4) is 0 Å². The highest BCUT2D eigenvalue weighted by Gasteiger charge is 2.28. The van der Waals surface area contributed by atoms with E-state index < -0.39 is 0 Å². The second-order valence-electron chi connectivity index (χ2n) is 5.34. The number of rotatable bonds is 5. The van der Waals surface area contributed by atoms with Gasteiger partial charge >= 0.3 is 0 Å². The van der Waals surface area contributed by atoms with Crippen LogP contribution in [0.2, 0.25) is 0 Å². The first kappa shape index (κ1) is 15.0. The second kappa shape index (κ2) is 7.41. The average Bonchev–Trinajstić information content (AvgIpc) is 2.46. The smallest absolute Gasteiger partial charge is 0.229 e. The summed E-state index contributed by atoms with van der Waals surface area (Å²) in [6, 6.07) is 7.76. The summed E-state index contributed by atoms with van der Waals surface area (Å²) in [6.07, 6.45) is 4.05. The minimum Gasteiger partial charge on any atom is -0.377 e. The van der Waals surface area contributed by atoms with Crippen molar-refractivity contribution < 1.29 is 9.53 Å². The van der Waals surface area contributed by atoms with E-state index in [9.17, 15) is 4.79 Å². The Hall–Kier alpha value is -1.39. The predicted molar refractivity (Wildman–Crippen MR) is 80.3 cm³/mol. The first-order valence-electron chi connectivity index (χ1n) is 7.44. The van der Waals surface area contributed by atoms with E-state index in [1.54, 1.807) is 0 Å². The van der Waals surface area contributed by atoms with Crippen LogP contribution in [-0.4, -0.2) is 18.6 Å². The first-order chi connectivity index (χ1) is 9.72. The number of carbonyl (C=O) groups excluding carboxylic acids is 1. The molecular weight excluding hydrogens is 252 g/mol. The zero-order chi connectivity index (χ0) is 14.4. The number of nitrogens with one attached hydrogen (secondary N) is 1. The number of ether oxygens (including phenoxy) is 1. The number of amides is 1. The number of benzene rings is 1. The maximum Gasteiger partial charge on any atom is 0.229 e. The summed E-state index contributed by atoms with van der Waals surface area (Å²) in [5, 5.41) is 3.02. The van der Waals surface area contributed by atoms with Crippen LogP contribution < -0.4 is 11.1 Å². The lowest BCUT2D eigenvalue weighted by atomic mass is 9.84. The van der Waals surface area contributed by atoms with Gasteiger partial charge in [0.1, 0.15) is 0 Å². The lowest BCUT2D eigenvalue weighted by Gasteiger charge is -2.27. The van der Waals surface area contributed by atoms with E-state index in [0.29, 0.717) is 13.2 Å². The summed E-state index contributed by atoms with van der Waals surface area (Å²) >= 11 is 0. The molecule has 1 aromatic rings. The van der Waals surface area contributed by atoms with Crippen molar-refractivity contribution in [2.24, 2.45) is 11.7 Å². The third-order valence-corrected chi connectivity index (χ3v) is 3.89. The summed E-state index contributed by atoms with van der Waals surface area (Å²) in [4.78, 5) is 12.4. The van der Waals surface area contributed by atoms with Gasteiger partial charge in [-0.15, -0.1) is 0 Å². The molecule has 1 fully saturated rings. The molecule has 4 nitrogen and oxygen atoms in total. The van der Waals surface area contributed by atoms with Crippen molar-refractivity contribution in [1.82, 2.24) is 0 Å². The molecule has 0 aliphatic heterocycles. The Morgan fingerprint density at radius 2 is 2.10 bits per heavy atom. The van der Waals surface area contributed by atoms with Crippen LogP contribution in [0.25, 0.3) is 0 Å². The lowest BCUT2D eigenvalue weighted by Crippen LogP contribution is -2.40. The molecule has 1 saturated carbocycles. The van der Waals surface area contributed by atoms with Gasteiger partial charge in [-0.25, -0.2) is 0 Å². The standard InChI is InChI=1S/C16H24N2O2/c1-2-20-11-12-7-3-6-10-15(12)18-16(19)13-8-4-5-9-14(13)17/h3,6-7,10,13-14H,2,4-5,8-9,11,17H2,1H3,(H,18,19). The Balaban J connectivity index is 2.03. The Morgan fingerprint density at radius 3 is 2.85 bits per heavy atom. The number of hydrogen-bond acceptors (Lipinski definition) is 3. The van der Waals surface area contributed by atoms with E-state index in [1.807, 2.05) is 31.2 Å². The highest BCUT2D eigenvalue weighted by Crippen LogP contribution is 2.25. The van der Waals surface area contributed by atoms with Crippen molar-refractivity contribution in [3.05, 3.63) is 29.8 Å². The van der Waals surface area contributed by atoms with Gasteiger partial charge in [0.2, 0.25) is 5.91 Å². The van der Waals surface area contributed by atoms with E-state index in [2.05, 4.69) is 5.32 Å². The largest absolute Gasteiger partial charge is 0.377 e. The van der Waals surface area contributed by atoms with Crippen LogP contribution >= 0.6 is 0 Å². The molecule has 2 atom stereocenters. The van der Waals surface area contributed by atoms with Crippen LogP contribution in [0.5, 0.6) is 0 Å². The summed E-state index contributed by atoms with van der Waals surface area (Å²) in [5.74, 6) is -0.0231. The van der Waals surface area contributed by atoms with Crippen molar-refractivity contribution in [3.63, 3.8) is 0 Å². The van der Waals surface area contributed by atoms with Crippen molar-refractivity contribution in [2.75, 3.05) is 11.9 Å². The molecule has 0 radical (unpaired) electrons. The molecule has 0 bridgehead atoms. The zero-order valence-electron chi connectivity index (χ0n) is 12.1. The molecule has 1 amide bonds. The van der Waals surface area contributed by atoms with Crippen molar-refractivity contribution in [1.29, 1.82) is 0 Å². The summed E-state index contributed by atoms with van der Waals surface area (Å²) in [7, 11) is 0. The summed E-state index contributed by atoms with van der Waals surface area (Å²) < 4.78 is 5.43. The molecule has 0 saturated heterocycles. The van der Waals surface area contributed by atoms with E-state index in [-0.39, 0.29) is 17.9 Å². The minimum atomic E-state index is -0.0658. The lowest BCUT2D eigenvalue weighted by molar-refractivity contribution is -0.121. The SMILES string of the molecule is CCOCc1ccccc1NC(=O)C1CCCCC1N. The second-order valence-corrected chi connectivity index (χ2v) is 5.34. The number of anilines is 1. The van der Waals surface area contributed by atoms with Crippen LogP contribution in [0.15, 0.2) is 24.3 Å². The Labute approximate surface area is 120 Å². The molecule has 1 aliphatic rings. The molecule has 0 heterocycles. The molecule has 1 aromatic carbocycles. The van der Waals surface area contributed by atoms with Gasteiger partial charge in [0.05, 0.1) is 12.5 Å². The van der Waals surface area contributed by atoms with Crippen molar-refractivity contribution >= 4 is 11.6 Å². The normalized spacial score (nSPS) is 22.5. The molecule has 2 unspecified atom stereocenters. The summed E-state index contributed by atoms with van der Waals surface area (Å²) in [5.41, 5.74) is 7.91. The van der Waals surface area contributed by atoms with Crippen LogP contribution in [0.1, 0.15) is 38.2 Å². The first-order valence-corrected chi connectivity index (χ1v) is 7.44. The van der Waals surface area contributed by atoms with Gasteiger partial charge in [0.25, 0.3) is 0 Å². The van der Waals surface area contributed by atoms with Gasteiger partial charge in [-0.3, -0.25) is 4.79 Å². The number of nitrogens with two attached hydrogens (primary N) is 1. The van der Waals surface area contributed by atoms with E-state index in [0.717, 1.165) is 36.9 Å². The molecule has 1 aliphatic carbocycles.